The Labute approximate surface area is 266 Å². The highest BCUT2D eigenvalue weighted by molar-refractivity contribution is 5.69. The highest BCUT2D eigenvalue weighted by atomic mass is 16.5. The molecule has 0 aliphatic rings. The summed E-state index contributed by atoms with van der Waals surface area (Å²) in [5.74, 6) is 1.78. The minimum Gasteiger partial charge on any atom is -0.466 e. The molecule has 0 unspecified atom stereocenters. The van der Waals surface area contributed by atoms with E-state index in [4.69, 9.17) is 4.74 Å². The van der Waals surface area contributed by atoms with E-state index in [0.29, 0.717) is 13.0 Å². The van der Waals surface area contributed by atoms with Crippen molar-refractivity contribution in [1.82, 2.24) is 0 Å². The zero-order valence-corrected chi connectivity index (χ0v) is 29.8. The number of rotatable bonds is 35. The molecule has 0 aromatic heterocycles. The minimum atomic E-state index is 0.0287. The van der Waals surface area contributed by atoms with Gasteiger partial charge in [0.25, 0.3) is 0 Å². The lowest BCUT2D eigenvalue weighted by atomic mass is 10.0. The fourth-order valence-corrected chi connectivity index (χ4v) is 6.15. The molecule has 2 heteroatoms. The lowest BCUT2D eigenvalue weighted by molar-refractivity contribution is -0.143. The molecule has 42 heavy (non-hydrogen) atoms. The van der Waals surface area contributed by atoms with Gasteiger partial charge < -0.3 is 4.74 Å². The van der Waals surface area contributed by atoms with E-state index in [9.17, 15) is 4.79 Å². The Morgan fingerprint density at radius 3 is 0.881 bits per heavy atom. The van der Waals surface area contributed by atoms with Crippen LogP contribution in [-0.4, -0.2) is 12.6 Å². The largest absolute Gasteiger partial charge is 0.466 e. The number of carbonyl (C=O) groups is 1. The van der Waals surface area contributed by atoms with Gasteiger partial charge in [-0.05, 0) is 24.7 Å². The van der Waals surface area contributed by atoms with Crippen LogP contribution in [0.15, 0.2) is 0 Å². The van der Waals surface area contributed by atoms with Crippen molar-refractivity contribution in [2.75, 3.05) is 6.61 Å². The number of carbonyl (C=O) groups excluding carboxylic acids is 1. The Morgan fingerprint density at radius 1 is 0.357 bits per heavy atom. The van der Waals surface area contributed by atoms with Gasteiger partial charge in [-0.15, -0.1) is 0 Å². The molecule has 0 fully saturated rings. The van der Waals surface area contributed by atoms with E-state index in [1.165, 1.54) is 186 Å². The Bertz CT molecular complexity index is 512. The summed E-state index contributed by atoms with van der Waals surface area (Å²) < 4.78 is 5.46. The first-order valence-electron chi connectivity index (χ1n) is 19.7. The second-order valence-corrected chi connectivity index (χ2v) is 14.6. The van der Waals surface area contributed by atoms with Crippen molar-refractivity contribution in [3.05, 3.63) is 0 Å². The topological polar surface area (TPSA) is 26.3 Å². The average Bonchev–Trinajstić information content (AvgIpc) is 2.96. The molecule has 0 radical (unpaired) electrons. The molecule has 0 aromatic rings. The lowest BCUT2D eigenvalue weighted by Crippen LogP contribution is -2.05. The average molecular weight is 593 g/mol. The van der Waals surface area contributed by atoms with Crippen molar-refractivity contribution in [3.8, 4) is 0 Å². The predicted molar refractivity (Wildman–Crippen MR) is 188 cm³/mol. The van der Waals surface area contributed by atoms with Gasteiger partial charge in [-0.25, -0.2) is 0 Å². The standard InChI is InChI=1S/C40H80O2/c1-38(2)34-30-26-22-18-14-10-7-5-6-8-12-16-20-24-28-32-36-40(41)42-37-33-29-25-21-17-13-9-11-15-19-23-27-31-35-39(3)4/h38-39H,5-37H2,1-4H3. The maximum absolute atomic E-state index is 12.0. The molecule has 0 saturated heterocycles. The summed E-state index contributed by atoms with van der Waals surface area (Å²) in [5, 5.41) is 0. The summed E-state index contributed by atoms with van der Waals surface area (Å²) in [6.45, 7) is 9.97. The lowest BCUT2D eigenvalue weighted by Gasteiger charge is -2.06. The van der Waals surface area contributed by atoms with Crippen molar-refractivity contribution in [2.24, 2.45) is 11.8 Å². The second kappa shape index (κ2) is 35.0. The van der Waals surface area contributed by atoms with Crippen molar-refractivity contribution in [1.29, 1.82) is 0 Å². The summed E-state index contributed by atoms with van der Waals surface area (Å²) in [5.41, 5.74) is 0. The van der Waals surface area contributed by atoms with Crippen LogP contribution in [0.3, 0.4) is 0 Å². The minimum absolute atomic E-state index is 0.0287. The van der Waals surface area contributed by atoms with Gasteiger partial charge in [0.05, 0.1) is 6.61 Å². The molecule has 0 rings (SSSR count). The van der Waals surface area contributed by atoms with Gasteiger partial charge in [0, 0.05) is 6.42 Å². The van der Waals surface area contributed by atoms with Gasteiger partial charge >= 0.3 is 5.97 Å². The number of ether oxygens (including phenoxy) is 1. The van der Waals surface area contributed by atoms with Crippen LogP contribution in [0.5, 0.6) is 0 Å². The monoisotopic (exact) mass is 593 g/mol. The zero-order valence-electron chi connectivity index (χ0n) is 29.8. The van der Waals surface area contributed by atoms with Crippen molar-refractivity contribution < 1.29 is 9.53 Å². The van der Waals surface area contributed by atoms with Crippen LogP contribution in [0.25, 0.3) is 0 Å². The number of hydrogen-bond donors (Lipinski definition) is 0. The van der Waals surface area contributed by atoms with E-state index in [-0.39, 0.29) is 5.97 Å². The third-order valence-electron chi connectivity index (χ3n) is 9.10. The molecular weight excluding hydrogens is 512 g/mol. The van der Waals surface area contributed by atoms with Gasteiger partial charge in [0.15, 0.2) is 0 Å². The van der Waals surface area contributed by atoms with Crippen LogP contribution in [0.4, 0.5) is 0 Å². The Hall–Kier alpha value is -0.530. The summed E-state index contributed by atoms with van der Waals surface area (Å²) in [4.78, 5) is 12.0. The summed E-state index contributed by atoms with van der Waals surface area (Å²) in [6.07, 6.45) is 43.2. The van der Waals surface area contributed by atoms with E-state index in [2.05, 4.69) is 27.7 Å². The number of unbranched alkanes of at least 4 members (excludes halogenated alkanes) is 27. The molecule has 2 nitrogen and oxygen atoms in total. The predicted octanol–water partition coefficient (Wildman–Crippen LogP) is 14.3. The normalized spacial score (nSPS) is 11.7. The quantitative estimate of drug-likeness (QED) is 0.0540. The summed E-state index contributed by atoms with van der Waals surface area (Å²) in [6, 6.07) is 0. The third kappa shape index (κ3) is 37.5. The Kier molecular flexibility index (Phi) is 34.5. The van der Waals surface area contributed by atoms with Crippen molar-refractivity contribution in [3.63, 3.8) is 0 Å². The molecule has 0 aliphatic carbocycles. The van der Waals surface area contributed by atoms with E-state index in [0.717, 1.165) is 24.7 Å². The third-order valence-corrected chi connectivity index (χ3v) is 9.10. The summed E-state index contributed by atoms with van der Waals surface area (Å²) >= 11 is 0. The van der Waals surface area contributed by atoms with Crippen LogP contribution in [-0.2, 0) is 9.53 Å². The SMILES string of the molecule is CC(C)CCCCCCCCCCCCCCCCCCC(=O)OCCCCCCCCCCCCCCCC(C)C. The van der Waals surface area contributed by atoms with Crippen molar-refractivity contribution in [2.45, 2.75) is 233 Å². The van der Waals surface area contributed by atoms with E-state index < -0.39 is 0 Å². The first-order valence-corrected chi connectivity index (χ1v) is 19.7. The highest BCUT2D eigenvalue weighted by Gasteiger charge is 2.03. The maximum atomic E-state index is 12.0. The molecule has 0 heterocycles. The molecule has 0 aliphatic heterocycles. The van der Waals surface area contributed by atoms with Crippen LogP contribution in [0, 0.1) is 11.8 Å². The smallest absolute Gasteiger partial charge is 0.305 e. The molecule has 0 spiro atoms. The van der Waals surface area contributed by atoms with Crippen LogP contribution in [0.2, 0.25) is 0 Å². The van der Waals surface area contributed by atoms with Gasteiger partial charge in [-0.2, -0.15) is 0 Å². The maximum Gasteiger partial charge on any atom is 0.305 e. The highest BCUT2D eigenvalue weighted by Crippen LogP contribution is 2.16. The van der Waals surface area contributed by atoms with Gasteiger partial charge in [0.1, 0.15) is 0 Å². The molecule has 0 amide bonds. The Morgan fingerprint density at radius 2 is 0.595 bits per heavy atom. The van der Waals surface area contributed by atoms with E-state index >= 15 is 0 Å². The van der Waals surface area contributed by atoms with Gasteiger partial charge in [-0.1, -0.05) is 214 Å². The Balaban J connectivity index is 3.16. The first kappa shape index (κ1) is 41.5. The van der Waals surface area contributed by atoms with Crippen molar-refractivity contribution >= 4 is 5.97 Å². The number of esters is 1. The van der Waals surface area contributed by atoms with E-state index in [1.807, 2.05) is 0 Å². The van der Waals surface area contributed by atoms with E-state index in [1.54, 1.807) is 0 Å². The molecule has 0 atom stereocenters. The second-order valence-electron chi connectivity index (χ2n) is 14.6. The molecule has 0 N–H and O–H groups in total. The summed E-state index contributed by atoms with van der Waals surface area (Å²) in [7, 11) is 0. The molecule has 0 bridgehead atoms. The van der Waals surface area contributed by atoms with Crippen LogP contribution >= 0.6 is 0 Å². The molecule has 0 saturated carbocycles. The fourth-order valence-electron chi connectivity index (χ4n) is 6.15. The fraction of sp³-hybridized carbons (Fsp3) is 0.975. The van der Waals surface area contributed by atoms with Crippen LogP contribution in [0.1, 0.15) is 233 Å². The molecule has 252 valence electrons. The molecule has 0 aromatic carbocycles. The first-order chi connectivity index (χ1) is 20.5. The zero-order chi connectivity index (χ0) is 30.8. The van der Waals surface area contributed by atoms with Crippen LogP contribution < -0.4 is 0 Å². The molecular formula is C40H80O2. The van der Waals surface area contributed by atoms with Gasteiger partial charge in [0.2, 0.25) is 0 Å². The van der Waals surface area contributed by atoms with Gasteiger partial charge in [-0.3, -0.25) is 4.79 Å². The number of hydrogen-bond acceptors (Lipinski definition) is 2.